The highest BCUT2D eigenvalue weighted by molar-refractivity contribution is 5.79. The maximum atomic E-state index is 12.3. The lowest BCUT2D eigenvalue weighted by Gasteiger charge is -2.24. The van der Waals surface area contributed by atoms with Gasteiger partial charge in [0.05, 0.1) is 13.0 Å². The molecule has 2 aromatic rings. The molecule has 0 fully saturated rings. The molecule has 1 N–H and O–H groups in total. The van der Waals surface area contributed by atoms with Crippen LogP contribution >= 0.6 is 0 Å². The normalized spacial score (nSPS) is 16.3. The van der Waals surface area contributed by atoms with E-state index in [-0.39, 0.29) is 11.8 Å². The van der Waals surface area contributed by atoms with Gasteiger partial charge >= 0.3 is 0 Å². The zero-order valence-electron chi connectivity index (χ0n) is 12.5. The predicted molar refractivity (Wildman–Crippen MR) is 84.0 cm³/mol. The van der Waals surface area contributed by atoms with Gasteiger partial charge in [0.2, 0.25) is 5.91 Å². The Balaban J connectivity index is 1.61. The molecule has 0 aromatic heterocycles. The Hall–Kier alpha value is -2.49. The van der Waals surface area contributed by atoms with Crippen LogP contribution < -0.4 is 14.8 Å². The number of hydrogen-bond donors (Lipinski definition) is 1. The zero-order valence-corrected chi connectivity index (χ0v) is 12.5. The summed E-state index contributed by atoms with van der Waals surface area (Å²) in [7, 11) is 1.63. The van der Waals surface area contributed by atoms with Crippen LogP contribution in [0.2, 0.25) is 0 Å². The van der Waals surface area contributed by atoms with Crippen molar-refractivity contribution in [2.75, 3.05) is 13.7 Å². The van der Waals surface area contributed by atoms with E-state index in [0.29, 0.717) is 19.6 Å². The van der Waals surface area contributed by atoms with Crippen molar-refractivity contribution in [3.05, 3.63) is 59.7 Å². The molecule has 1 aliphatic heterocycles. The third kappa shape index (κ3) is 3.06. The van der Waals surface area contributed by atoms with Crippen LogP contribution in [-0.4, -0.2) is 19.6 Å². The number of rotatable bonds is 4. The molecular weight excluding hydrogens is 278 g/mol. The number of carbonyl (C=O) groups excluding carboxylic acids is 1. The second kappa shape index (κ2) is 6.52. The molecule has 1 unspecified atom stereocenters. The van der Waals surface area contributed by atoms with Crippen molar-refractivity contribution in [2.24, 2.45) is 5.92 Å². The standard InChI is InChI=1S/C18H19NO3/c1-21-16-8-4-3-7-14(16)11-19-18(20)15-10-13-6-2-5-9-17(13)22-12-15/h2-9,15H,10-12H2,1H3,(H,19,20). The summed E-state index contributed by atoms with van der Waals surface area (Å²) in [4.78, 5) is 12.3. The fraction of sp³-hybridized carbons (Fsp3) is 0.278. The van der Waals surface area contributed by atoms with Crippen molar-refractivity contribution in [1.82, 2.24) is 5.32 Å². The Morgan fingerprint density at radius 2 is 2.00 bits per heavy atom. The lowest BCUT2D eigenvalue weighted by atomic mass is 9.96. The van der Waals surface area contributed by atoms with Gasteiger partial charge < -0.3 is 14.8 Å². The van der Waals surface area contributed by atoms with Crippen molar-refractivity contribution in [3.8, 4) is 11.5 Å². The maximum absolute atomic E-state index is 12.3. The van der Waals surface area contributed by atoms with E-state index in [1.807, 2.05) is 48.5 Å². The topological polar surface area (TPSA) is 47.6 Å². The summed E-state index contributed by atoms with van der Waals surface area (Å²) in [6.45, 7) is 0.885. The van der Waals surface area contributed by atoms with Crippen LogP contribution in [0.3, 0.4) is 0 Å². The SMILES string of the molecule is COc1ccccc1CNC(=O)C1COc2ccccc2C1. The number of carbonyl (C=O) groups is 1. The molecule has 3 rings (SSSR count). The van der Waals surface area contributed by atoms with Gasteiger partial charge in [-0.3, -0.25) is 4.79 Å². The van der Waals surface area contributed by atoms with Gasteiger partial charge in [-0.25, -0.2) is 0 Å². The highest BCUT2D eigenvalue weighted by Gasteiger charge is 2.25. The number of benzene rings is 2. The average molecular weight is 297 g/mol. The van der Waals surface area contributed by atoms with E-state index in [2.05, 4.69) is 5.32 Å². The smallest absolute Gasteiger partial charge is 0.227 e. The highest BCUT2D eigenvalue weighted by atomic mass is 16.5. The summed E-state index contributed by atoms with van der Waals surface area (Å²) in [5.41, 5.74) is 2.06. The van der Waals surface area contributed by atoms with E-state index in [4.69, 9.17) is 9.47 Å². The molecular formula is C18H19NO3. The zero-order chi connectivity index (χ0) is 15.4. The summed E-state index contributed by atoms with van der Waals surface area (Å²) in [5, 5.41) is 2.98. The molecule has 1 atom stereocenters. The van der Waals surface area contributed by atoms with E-state index in [0.717, 1.165) is 22.6 Å². The molecule has 0 bridgehead atoms. The number of para-hydroxylation sites is 2. The molecule has 0 saturated heterocycles. The Kier molecular flexibility index (Phi) is 4.28. The molecule has 2 aromatic carbocycles. The van der Waals surface area contributed by atoms with Crippen LogP contribution in [0.1, 0.15) is 11.1 Å². The number of methoxy groups -OCH3 is 1. The lowest BCUT2D eigenvalue weighted by molar-refractivity contribution is -0.126. The van der Waals surface area contributed by atoms with Gasteiger partial charge in [-0.1, -0.05) is 36.4 Å². The van der Waals surface area contributed by atoms with Crippen LogP contribution in [0.15, 0.2) is 48.5 Å². The minimum atomic E-state index is -0.149. The van der Waals surface area contributed by atoms with Gasteiger partial charge in [-0.15, -0.1) is 0 Å². The van der Waals surface area contributed by atoms with Gasteiger partial charge in [-0.2, -0.15) is 0 Å². The minimum Gasteiger partial charge on any atom is -0.496 e. The number of nitrogens with one attached hydrogen (secondary N) is 1. The summed E-state index contributed by atoms with van der Waals surface area (Å²) >= 11 is 0. The Morgan fingerprint density at radius 3 is 2.86 bits per heavy atom. The second-order valence-corrected chi connectivity index (χ2v) is 5.35. The highest BCUT2D eigenvalue weighted by Crippen LogP contribution is 2.27. The summed E-state index contributed by atoms with van der Waals surface area (Å²) in [5.74, 6) is 1.54. The van der Waals surface area contributed by atoms with Gasteiger partial charge in [0.1, 0.15) is 18.1 Å². The van der Waals surface area contributed by atoms with Crippen LogP contribution in [-0.2, 0) is 17.8 Å². The molecule has 1 heterocycles. The first-order chi connectivity index (χ1) is 10.8. The first kappa shape index (κ1) is 14.4. The summed E-state index contributed by atoms with van der Waals surface area (Å²) in [6.07, 6.45) is 0.716. The summed E-state index contributed by atoms with van der Waals surface area (Å²) in [6, 6.07) is 15.6. The van der Waals surface area contributed by atoms with Gasteiger partial charge in [0.25, 0.3) is 0 Å². The monoisotopic (exact) mass is 297 g/mol. The van der Waals surface area contributed by atoms with Crippen molar-refractivity contribution >= 4 is 5.91 Å². The molecule has 0 aliphatic carbocycles. The molecule has 0 saturated carbocycles. The molecule has 0 radical (unpaired) electrons. The van der Waals surface area contributed by atoms with Crippen molar-refractivity contribution in [3.63, 3.8) is 0 Å². The molecule has 4 nitrogen and oxygen atoms in total. The van der Waals surface area contributed by atoms with Gasteiger partial charge in [0.15, 0.2) is 0 Å². The van der Waals surface area contributed by atoms with Crippen LogP contribution in [0.25, 0.3) is 0 Å². The third-order valence-electron chi connectivity index (χ3n) is 3.90. The number of amides is 1. The quantitative estimate of drug-likeness (QED) is 0.943. The molecule has 1 amide bonds. The lowest BCUT2D eigenvalue weighted by Crippen LogP contribution is -2.37. The molecule has 22 heavy (non-hydrogen) atoms. The molecule has 1 aliphatic rings. The van der Waals surface area contributed by atoms with Crippen molar-refractivity contribution in [2.45, 2.75) is 13.0 Å². The Labute approximate surface area is 130 Å². The van der Waals surface area contributed by atoms with Crippen LogP contribution in [0.4, 0.5) is 0 Å². The fourth-order valence-electron chi connectivity index (χ4n) is 2.67. The average Bonchev–Trinajstić information content (AvgIpc) is 2.59. The predicted octanol–water partition coefficient (Wildman–Crippen LogP) is 2.56. The first-order valence-corrected chi connectivity index (χ1v) is 7.38. The van der Waals surface area contributed by atoms with E-state index in [1.54, 1.807) is 7.11 Å². The third-order valence-corrected chi connectivity index (χ3v) is 3.90. The number of hydrogen-bond acceptors (Lipinski definition) is 3. The second-order valence-electron chi connectivity index (χ2n) is 5.35. The number of fused-ring (bicyclic) bond motifs is 1. The number of ether oxygens (including phenoxy) is 2. The summed E-state index contributed by atoms with van der Waals surface area (Å²) < 4.78 is 11.0. The molecule has 0 spiro atoms. The fourth-order valence-corrected chi connectivity index (χ4v) is 2.67. The van der Waals surface area contributed by atoms with Crippen molar-refractivity contribution in [1.29, 1.82) is 0 Å². The van der Waals surface area contributed by atoms with E-state index < -0.39 is 0 Å². The minimum absolute atomic E-state index is 0.0143. The van der Waals surface area contributed by atoms with Crippen LogP contribution in [0, 0.1) is 5.92 Å². The van der Waals surface area contributed by atoms with Gasteiger partial charge in [0, 0.05) is 12.1 Å². The Morgan fingerprint density at radius 1 is 1.23 bits per heavy atom. The maximum Gasteiger partial charge on any atom is 0.227 e. The largest absolute Gasteiger partial charge is 0.496 e. The first-order valence-electron chi connectivity index (χ1n) is 7.38. The Bertz CT molecular complexity index is 669. The van der Waals surface area contributed by atoms with Gasteiger partial charge in [-0.05, 0) is 24.1 Å². The molecule has 4 heteroatoms. The van der Waals surface area contributed by atoms with Crippen molar-refractivity contribution < 1.29 is 14.3 Å². The van der Waals surface area contributed by atoms with E-state index in [9.17, 15) is 4.79 Å². The van der Waals surface area contributed by atoms with Crippen LogP contribution in [0.5, 0.6) is 11.5 Å². The molecule has 114 valence electrons. The van der Waals surface area contributed by atoms with E-state index in [1.165, 1.54) is 0 Å². The van der Waals surface area contributed by atoms with E-state index >= 15 is 0 Å².